The minimum Gasteiger partial charge on any atom is -0.477 e. The first kappa shape index (κ1) is 12.4. The Kier molecular flexibility index (Phi) is 3.33. The molecule has 84 valence electrons. The van der Waals surface area contributed by atoms with Crippen LogP contribution in [-0.4, -0.2) is 33.9 Å². The molecule has 0 unspecified atom stereocenters. The summed E-state index contributed by atoms with van der Waals surface area (Å²) in [5.41, 5.74) is 4.12. The zero-order valence-corrected chi connectivity index (χ0v) is 9.36. The van der Waals surface area contributed by atoms with Gasteiger partial charge in [-0.05, 0) is 0 Å². The Balaban J connectivity index is 2.90. The van der Waals surface area contributed by atoms with E-state index in [1.807, 2.05) is 0 Å². The Morgan fingerprint density at radius 2 is 1.80 bits per heavy atom. The summed E-state index contributed by atoms with van der Waals surface area (Å²) in [5, 5.41) is 8.57. The van der Waals surface area contributed by atoms with Gasteiger partial charge in [0.2, 0.25) is 0 Å². The van der Waals surface area contributed by atoms with Gasteiger partial charge in [-0.15, -0.1) is 0 Å². The molecule has 1 amide bonds. The van der Waals surface area contributed by atoms with Crippen LogP contribution in [0.25, 0.3) is 0 Å². The van der Waals surface area contributed by atoms with Gasteiger partial charge in [-0.2, -0.15) is 8.42 Å². The Labute approximate surface area is 92.8 Å². The Hall–Kier alpha value is -0.710. The molecule has 1 aliphatic heterocycles. The molecule has 1 heterocycles. The minimum absolute atomic E-state index is 0.0161. The van der Waals surface area contributed by atoms with Gasteiger partial charge in [-0.25, -0.2) is 4.79 Å². The zero-order valence-electron chi connectivity index (χ0n) is 6.91. The van der Waals surface area contributed by atoms with E-state index >= 15 is 0 Å². The van der Waals surface area contributed by atoms with Gasteiger partial charge in [0.1, 0.15) is 5.57 Å². The molecule has 0 bridgehead atoms. The molecular weight excluding hydrogens is 266 g/mol. The van der Waals surface area contributed by atoms with E-state index in [-0.39, 0.29) is 4.24 Å². The SMILES string of the molecule is NC(=O)C(C(=O)O)=C1SC(S(=O)(=O)O)S1. The van der Waals surface area contributed by atoms with Crippen LogP contribution in [-0.2, 0) is 19.7 Å². The van der Waals surface area contributed by atoms with Gasteiger partial charge >= 0.3 is 5.97 Å². The van der Waals surface area contributed by atoms with E-state index < -0.39 is 31.5 Å². The fourth-order valence-electron chi connectivity index (χ4n) is 0.716. The molecule has 0 aromatic rings. The van der Waals surface area contributed by atoms with E-state index in [1.165, 1.54) is 0 Å². The van der Waals surface area contributed by atoms with Gasteiger partial charge in [0.15, 0.2) is 3.91 Å². The van der Waals surface area contributed by atoms with Crippen LogP contribution in [0.2, 0.25) is 0 Å². The third-order valence-corrected chi connectivity index (χ3v) is 6.21. The summed E-state index contributed by atoms with van der Waals surface area (Å²) in [6.45, 7) is 0. The van der Waals surface area contributed by atoms with Crippen LogP contribution in [0, 0.1) is 0 Å². The molecule has 0 spiro atoms. The largest absolute Gasteiger partial charge is 0.477 e. The third kappa shape index (κ3) is 2.65. The summed E-state index contributed by atoms with van der Waals surface area (Å²) in [7, 11) is -4.24. The molecule has 4 N–H and O–H groups in total. The van der Waals surface area contributed by atoms with E-state index in [0.29, 0.717) is 23.5 Å². The zero-order chi connectivity index (χ0) is 11.8. The molecule has 0 saturated carbocycles. The lowest BCUT2D eigenvalue weighted by Crippen LogP contribution is -2.26. The lowest BCUT2D eigenvalue weighted by molar-refractivity contribution is -0.134. The summed E-state index contributed by atoms with van der Waals surface area (Å²) in [6.07, 6.45) is 0. The molecule has 0 aromatic carbocycles. The lowest BCUT2D eigenvalue weighted by Gasteiger charge is -2.25. The number of amides is 1. The Bertz CT molecular complexity index is 427. The number of nitrogens with two attached hydrogens (primary N) is 1. The van der Waals surface area contributed by atoms with Crippen molar-refractivity contribution in [1.82, 2.24) is 0 Å². The number of hydrogen-bond acceptors (Lipinski definition) is 6. The Morgan fingerprint density at radius 1 is 1.33 bits per heavy atom. The summed E-state index contributed by atoms with van der Waals surface area (Å²) >= 11 is 1.14. The molecule has 1 fully saturated rings. The first-order valence-corrected chi connectivity index (χ1v) is 6.56. The highest BCUT2D eigenvalue weighted by atomic mass is 32.3. The van der Waals surface area contributed by atoms with Gasteiger partial charge < -0.3 is 10.8 Å². The van der Waals surface area contributed by atoms with Crippen molar-refractivity contribution in [2.75, 3.05) is 0 Å². The van der Waals surface area contributed by atoms with E-state index in [0.717, 1.165) is 0 Å². The smallest absolute Gasteiger partial charge is 0.343 e. The van der Waals surface area contributed by atoms with Crippen molar-refractivity contribution in [3.63, 3.8) is 0 Å². The average molecular weight is 271 g/mol. The monoisotopic (exact) mass is 271 g/mol. The molecule has 0 radical (unpaired) electrons. The number of rotatable bonds is 3. The highest BCUT2D eigenvalue weighted by molar-refractivity contribution is 8.45. The van der Waals surface area contributed by atoms with Gasteiger partial charge in [-0.1, -0.05) is 23.5 Å². The van der Waals surface area contributed by atoms with Gasteiger partial charge in [0.25, 0.3) is 16.0 Å². The van der Waals surface area contributed by atoms with Crippen molar-refractivity contribution in [2.24, 2.45) is 5.73 Å². The molecule has 15 heavy (non-hydrogen) atoms. The fourth-order valence-corrected chi connectivity index (χ4v) is 4.48. The number of carboxylic acids is 1. The first-order chi connectivity index (χ1) is 6.73. The number of carbonyl (C=O) groups is 2. The molecule has 0 aliphatic carbocycles. The molecule has 0 atom stereocenters. The van der Waals surface area contributed by atoms with Crippen molar-refractivity contribution < 1.29 is 27.7 Å². The van der Waals surface area contributed by atoms with E-state index in [9.17, 15) is 18.0 Å². The number of carbonyl (C=O) groups excluding carboxylic acids is 1. The summed E-state index contributed by atoms with van der Waals surface area (Å²) in [4.78, 5) is 21.2. The predicted molar refractivity (Wildman–Crippen MR) is 54.4 cm³/mol. The quantitative estimate of drug-likeness (QED) is 0.268. The van der Waals surface area contributed by atoms with Crippen molar-refractivity contribution in [1.29, 1.82) is 0 Å². The number of thioether (sulfide) groups is 2. The van der Waals surface area contributed by atoms with Crippen molar-refractivity contribution in [2.45, 2.75) is 3.91 Å². The third-order valence-electron chi connectivity index (χ3n) is 1.31. The first-order valence-electron chi connectivity index (χ1n) is 3.30. The molecule has 1 aliphatic rings. The van der Waals surface area contributed by atoms with Gasteiger partial charge in [0, 0.05) is 0 Å². The second-order valence-electron chi connectivity index (χ2n) is 2.37. The standard InChI is InChI=1S/C5H5NO6S3/c6-2(7)1(3(8)9)4-13-5(14-4)15(10,11)12/h5H,(H2,6,7)(H,8,9)(H,10,11,12). The highest BCUT2D eigenvalue weighted by Gasteiger charge is 2.40. The highest BCUT2D eigenvalue weighted by Crippen LogP contribution is 2.54. The maximum Gasteiger partial charge on any atom is 0.343 e. The van der Waals surface area contributed by atoms with Crippen LogP contribution >= 0.6 is 23.5 Å². The summed E-state index contributed by atoms with van der Waals surface area (Å²) in [6, 6.07) is 0. The fraction of sp³-hybridized carbons (Fsp3) is 0.200. The van der Waals surface area contributed by atoms with Crippen LogP contribution < -0.4 is 5.73 Å². The summed E-state index contributed by atoms with van der Waals surface area (Å²) in [5.74, 6) is -2.67. The number of primary amides is 1. The molecule has 10 heteroatoms. The van der Waals surface area contributed by atoms with Crippen molar-refractivity contribution >= 4 is 45.5 Å². The van der Waals surface area contributed by atoms with Crippen LogP contribution in [0.1, 0.15) is 0 Å². The van der Waals surface area contributed by atoms with Crippen LogP contribution in [0.4, 0.5) is 0 Å². The second-order valence-corrected chi connectivity index (χ2v) is 7.26. The average Bonchev–Trinajstić information content (AvgIpc) is 1.90. The molecule has 1 rings (SSSR count). The molecule has 7 nitrogen and oxygen atoms in total. The number of carboxylic acid groups (broad SMARTS) is 1. The van der Waals surface area contributed by atoms with Crippen molar-refractivity contribution in [3.05, 3.63) is 9.81 Å². The molecule has 0 aromatic heterocycles. The van der Waals surface area contributed by atoms with Crippen LogP contribution in [0.3, 0.4) is 0 Å². The topological polar surface area (TPSA) is 135 Å². The van der Waals surface area contributed by atoms with Crippen LogP contribution in [0.15, 0.2) is 9.81 Å². The lowest BCUT2D eigenvalue weighted by atomic mass is 10.3. The summed E-state index contributed by atoms with van der Waals surface area (Å²) < 4.78 is 28.4. The van der Waals surface area contributed by atoms with Gasteiger partial charge in [0.05, 0.1) is 4.24 Å². The number of hydrogen-bond donors (Lipinski definition) is 3. The maximum absolute atomic E-state index is 10.7. The maximum atomic E-state index is 10.7. The van der Waals surface area contributed by atoms with E-state index in [1.54, 1.807) is 0 Å². The molecular formula is C5H5NO6S3. The van der Waals surface area contributed by atoms with Crippen LogP contribution in [0.5, 0.6) is 0 Å². The van der Waals surface area contributed by atoms with Crippen molar-refractivity contribution in [3.8, 4) is 0 Å². The normalized spacial score (nSPS) is 20.6. The predicted octanol–water partition coefficient (Wildman–Crippen LogP) is -0.581. The van der Waals surface area contributed by atoms with E-state index in [2.05, 4.69) is 0 Å². The van der Waals surface area contributed by atoms with Gasteiger partial charge in [-0.3, -0.25) is 9.35 Å². The Morgan fingerprint density at radius 3 is 2.07 bits per heavy atom. The number of aliphatic carboxylic acids is 1. The molecule has 1 saturated heterocycles. The minimum atomic E-state index is -4.24. The van der Waals surface area contributed by atoms with E-state index in [4.69, 9.17) is 15.4 Å². The second kappa shape index (κ2) is 4.04.